The molecule has 0 aliphatic carbocycles. The first kappa shape index (κ1) is 21.2. The number of pyridine rings is 2. The molecule has 0 atom stereocenters. The summed E-state index contributed by atoms with van der Waals surface area (Å²) in [6.07, 6.45) is 7.06. The minimum Gasteiger partial charge on any atom is -0.354 e. The molecule has 8 heteroatoms. The van der Waals surface area contributed by atoms with E-state index in [0.29, 0.717) is 22.6 Å². The molecule has 1 fully saturated rings. The normalized spacial score (nSPS) is 15.0. The molecule has 1 amide bonds. The maximum atomic E-state index is 13.4. The summed E-state index contributed by atoms with van der Waals surface area (Å²) in [5.74, 6) is -0.0490. The van der Waals surface area contributed by atoms with Crippen molar-refractivity contribution >= 4 is 38.2 Å². The van der Waals surface area contributed by atoms with E-state index in [9.17, 15) is 13.2 Å². The second-order valence-electron chi connectivity index (χ2n) is 8.00. The van der Waals surface area contributed by atoms with Gasteiger partial charge in [0, 0.05) is 42.3 Å². The molecule has 1 saturated heterocycles. The monoisotopic (exact) mass is 438 g/mol. The van der Waals surface area contributed by atoms with Crippen molar-refractivity contribution in [1.29, 1.82) is 0 Å². The van der Waals surface area contributed by atoms with Gasteiger partial charge in [0.15, 0.2) is 15.5 Å². The largest absolute Gasteiger partial charge is 0.354 e. The third kappa shape index (κ3) is 4.69. The van der Waals surface area contributed by atoms with Crippen molar-refractivity contribution in [1.82, 2.24) is 14.9 Å². The van der Waals surface area contributed by atoms with Crippen LogP contribution in [0, 0.1) is 6.92 Å². The summed E-state index contributed by atoms with van der Waals surface area (Å²) in [6, 6.07) is 10.3. The van der Waals surface area contributed by atoms with Crippen molar-refractivity contribution in [3.8, 4) is 0 Å². The Morgan fingerprint density at radius 2 is 1.68 bits per heavy atom. The molecule has 0 radical (unpaired) electrons. The number of nitrogens with one attached hydrogen (secondary N) is 1. The van der Waals surface area contributed by atoms with Gasteiger partial charge in [0.2, 0.25) is 0 Å². The summed E-state index contributed by atoms with van der Waals surface area (Å²) in [5, 5.41) is 4.08. The topological polar surface area (TPSA) is 92.3 Å². The third-order valence-electron chi connectivity index (χ3n) is 5.54. The number of carbonyl (C=O) groups is 1. The lowest BCUT2D eigenvalue weighted by atomic mass is 10.1. The summed E-state index contributed by atoms with van der Waals surface area (Å²) in [4.78, 5) is 24.5. The number of sulfone groups is 1. The Bertz CT molecular complexity index is 1220. The van der Waals surface area contributed by atoms with Gasteiger partial charge in [-0.3, -0.25) is 4.79 Å². The van der Waals surface area contributed by atoms with Crippen LogP contribution >= 0.6 is 0 Å². The molecule has 1 aliphatic rings. The quantitative estimate of drug-likeness (QED) is 0.659. The lowest BCUT2D eigenvalue weighted by molar-refractivity contribution is 0.0762. The number of aromatic nitrogens is 2. The molecular weight excluding hydrogens is 412 g/mol. The van der Waals surface area contributed by atoms with Crippen LogP contribution in [-0.4, -0.2) is 48.5 Å². The van der Waals surface area contributed by atoms with Crippen LogP contribution in [0.4, 0.5) is 11.4 Å². The Morgan fingerprint density at radius 1 is 1.00 bits per heavy atom. The molecule has 1 aliphatic heterocycles. The van der Waals surface area contributed by atoms with Crippen molar-refractivity contribution in [2.24, 2.45) is 0 Å². The van der Waals surface area contributed by atoms with Crippen molar-refractivity contribution in [2.45, 2.75) is 37.5 Å². The predicted molar refractivity (Wildman–Crippen MR) is 121 cm³/mol. The molecular formula is C23H26N4O3S. The molecule has 4 rings (SSSR count). The van der Waals surface area contributed by atoms with Crippen LogP contribution in [0.1, 0.15) is 41.7 Å². The highest BCUT2D eigenvalue weighted by atomic mass is 32.2. The first-order valence-corrected chi connectivity index (χ1v) is 12.3. The van der Waals surface area contributed by atoms with Gasteiger partial charge in [0.1, 0.15) is 0 Å². The van der Waals surface area contributed by atoms with Gasteiger partial charge in [0.05, 0.1) is 16.1 Å². The van der Waals surface area contributed by atoms with Crippen LogP contribution in [0.25, 0.3) is 11.0 Å². The lowest BCUT2D eigenvalue weighted by Gasteiger charge is -2.22. The summed E-state index contributed by atoms with van der Waals surface area (Å²) in [7, 11) is -3.28. The minimum absolute atomic E-state index is 0.0490. The fourth-order valence-corrected chi connectivity index (χ4v) is 4.47. The van der Waals surface area contributed by atoms with E-state index in [2.05, 4.69) is 15.3 Å². The number of fused-ring (bicyclic) bond motifs is 1. The van der Waals surface area contributed by atoms with Gasteiger partial charge in [-0.05, 0) is 56.2 Å². The van der Waals surface area contributed by atoms with E-state index in [4.69, 9.17) is 0 Å². The fraction of sp³-hybridized carbons (Fsp3) is 0.348. The van der Waals surface area contributed by atoms with Crippen LogP contribution in [0.5, 0.6) is 0 Å². The zero-order chi connectivity index (χ0) is 22.0. The first-order chi connectivity index (χ1) is 14.8. The van der Waals surface area contributed by atoms with E-state index in [0.717, 1.165) is 49.9 Å². The highest BCUT2D eigenvalue weighted by Crippen LogP contribution is 2.30. The number of rotatable bonds is 4. The second kappa shape index (κ2) is 8.63. The van der Waals surface area contributed by atoms with Gasteiger partial charge in [-0.2, -0.15) is 0 Å². The number of hydrogen-bond donors (Lipinski definition) is 1. The Labute approximate surface area is 182 Å². The molecule has 7 nitrogen and oxygen atoms in total. The number of benzene rings is 1. The molecule has 3 aromatic rings. The number of likely N-dealkylation sites (tertiary alicyclic amines) is 1. The van der Waals surface area contributed by atoms with Crippen molar-refractivity contribution in [3.05, 3.63) is 53.9 Å². The Balaban J connectivity index is 1.77. The van der Waals surface area contributed by atoms with Crippen molar-refractivity contribution in [3.63, 3.8) is 0 Å². The molecule has 0 unspecified atom stereocenters. The summed E-state index contributed by atoms with van der Waals surface area (Å²) in [6.45, 7) is 3.38. The SMILES string of the molecule is Cc1ccc2c(Nc3ccc(S(C)(=O)=O)cc3)c(C(=O)N3CCCCCC3)cnc2n1. The van der Waals surface area contributed by atoms with Crippen LogP contribution in [0.2, 0.25) is 0 Å². The predicted octanol–water partition coefficient (Wildman–Crippen LogP) is 4.10. The summed E-state index contributed by atoms with van der Waals surface area (Å²) < 4.78 is 23.5. The van der Waals surface area contributed by atoms with E-state index < -0.39 is 9.84 Å². The highest BCUT2D eigenvalue weighted by molar-refractivity contribution is 7.90. The molecule has 1 N–H and O–H groups in total. The summed E-state index contributed by atoms with van der Waals surface area (Å²) in [5.41, 5.74) is 3.22. The van der Waals surface area contributed by atoms with Crippen LogP contribution in [0.15, 0.2) is 47.5 Å². The van der Waals surface area contributed by atoms with Crippen molar-refractivity contribution < 1.29 is 13.2 Å². The van der Waals surface area contributed by atoms with Gasteiger partial charge >= 0.3 is 0 Å². The number of anilines is 2. The van der Waals surface area contributed by atoms with Crippen molar-refractivity contribution in [2.75, 3.05) is 24.7 Å². The van der Waals surface area contributed by atoms with E-state index in [1.54, 1.807) is 30.5 Å². The molecule has 2 aromatic heterocycles. The highest BCUT2D eigenvalue weighted by Gasteiger charge is 2.23. The minimum atomic E-state index is -3.28. The average Bonchev–Trinajstić information content (AvgIpc) is 3.02. The molecule has 1 aromatic carbocycles. The van der Waals surface area contributed by atoms with Crippen LogP contribution in [-0.2, 0) is 9.84 Å². The Morgan fingerprint density at radius 3 is 2.32 bits per heavy atom. The Kier molecular flexibility index (Phi) is 5.91. The maximum absolute atomic E-state index is 13.4. The Hall–Kier alpha value is -3.00. The maximum Gasteiger partial charge on any atom is 0.257 e. The molecule has 3 heterocycles. The molecule has 0 spiro atoms. The molecule has 162 valence electrons. The number of hydrogen-bond acceptors (Lipinski definition) is 6. The number of amides is 1. The molecule has 0 saturated carbocycles. The van der Waals surface area contributed by atoms with Crippen LogP contribution in [0.3, 0.4) is 0 Å². The third-order valence-corrected chi connectivity index (χ3v) is 6.67. The van der Waals surface area contributed by atoms with E-state index in [1.807, 2.05) is 24.0 Å². The van der Waals surface area contributed by atoms with Crippen LogP contribution < -0.4 is 5.32 Å². The van der Waals surface area contributed by atoms with Gasteiger partial charge < -0.3 is 10.2 Å². The second-order valence-corrected chi connectivity index (χ2v) is 10.0. The number of aryl methyl sites for hydroxylation is 1. The number of nitrogens with zero attached hydrogens (tertiary/aromatic N) is 3. The standard InChI is InChI=1S/C23H26N4O3S/c1-16-7-12-19-21(26-17-8-10-18(11-9-17)31(2,29)30)20(15-24-22(19)25-16)23(28)27-13-5-3-4-6-14-27/h7-12,15H,3-6,13-14H2,1-2H3,(H,24,25,26). The zero-order valence-corrected chi connectivity index (χ0v) is 18.6. The molecule has 0 bridgehead atoms. The van der Waals surface area contributed by atoms with Gasteiger partial charge in [0.25, 0.3) is 5.91 Å². The first-order valence-electron chi connectivity index (χ1n) is 10.5. The fourth-order valence-electron chi connectivity index (χ4n) is 3.84. The zero-order valence-electron chi connectivity index (χ0n) is 17.8. The van der Waals surface area contributed by atoms with Gasteiger partial charge in [-0.1, -0.05) is 12.8 Å². The van der Waals surface area contributed by atoms with E-state index >= 15 is 0 Å². The lowest BCUT2D eigenvalue weighted by Crippen LogP contribution is -2.32. The smallest absolute Gasteiger partial charge is 0.257 e. The average molecular weight is 439 g/mol. The molecule has 31 heavy (non-hydrogen) atoms. The van der Waals surface area contributed by atoms with E-state index in [-0.39, 0.29) is 10.8 Å². The summed E-state index contributed by atoms with van der Waals surface area (Å²) >= 11 is 0. The number of carbonyl (C=O) groups excluding carboxylic acids is 1. The van der Waals surface area contributed by atoms with E-state index in [1.165, 1.54) is 6.26 Å². The van der Waals surface area contributed by atoms with Gasteiger partial charge in [-0.25, -0.2) is 18.4 Å². The van der Waals surface area contributed by atoms with Gasteiger partial charge in [-0.15, -0.1) is 0 Å².